The average Bonchev–Trinajstić information content (AvgIpc) is 2.53. The Morgan fingerprint density at radius 1 is 1.18 bits per heavy atom. The molecule has 0 atom stereocenters. The molecule has 0 unspecified atom stereocenters. The lowest BCUT2D eigenvalue weighted by atomic mass is 10.2. The van der Waals surface area contributed by atoms with Gasteiger partial charge in [0.25, 0.3) is 0 Å². The molecular weight excluding hydrogens is 288 g/mol. The number of hydrogen-bond donors (Lipinski definition) is 2. The third-order valence-electron chi connectivity index (χ3n) is 2.73. The summed E-state index contributed by atoms with van der Waals surface area (Å²) in [7, 11) is 1.26. The monoisotopic (exact) mass is 308 g/mol. The van der Waals surface area contributed by atoms with Gasteiger partial charge in [-0.25, -0.2) is 9.59 Å². The van der Waals surface area contributed by atoms with E-state index in [4.69, 9.17) is 4.74 Å². The van der Waals surface area contributed by atoms with Gasteiger partial charge in [-0.15, -0.1) is 0 Å². The molecule has 22 heavy (non-hydrogen) atoms. The second kappa shape index (κ2) is 9.38. The highest BCUT2D eigenvalue weighted by Gasteiger charge is 2.13. The van der Waals surface area contributed by atoms with Gasteiger partial charge in [-0.2, -0.15) is 0 Å². The van der Waals surface area contributed by atoms with Crippen LogP contribution in [0.15, 0.2) is 24.3 Å². The molecule has 0 aliphatic rings. The van der Waals surface area contributed by atoms with Gasteiger partial charge in [-0.1, -0.05) is 25.5 Å². The number of carbonyl (C=O) groups excluding carboxylic acids is 3. The van der Waals surface area contributed by atoms with Gasteiger partial charge in [0.2, 0.25) is 0 Å². The Balaban J connectivity index is 2.49. The first-order chi connectivity index (χ1) is 10.6. The summed E-state index contributed by atoms with van der Waals surface area (Å²) in [6.45, 7) is 2.08. The summed E-state index contributed by atoms with van der Waals surface area (Å²) in [6.07, 6.45) is 1.70. The fourth-order valence-corrected chi connectivity index (χ4v) is 1.58. The molecule has 1 aromatic rings. The lowest BCUT2D eigenvalue weighted by molar-refractivity contribution is -0.142. The zero-order chi connectivity index (χ0) is 16.4. The van der Waals surface area contributed by atoms with Crippen LogP contribution in [0.3, 0.4) is 0 Å². The van der Waals surface area contributed by atoms with Crippen LogP contribution < -0.4 is 10.6 Å². The number of anilines is 1. The van der Waals surface area contributed by atoms with E-state index in [2.05, 4.69) is 15.4 Å². The predicted octanol–water partition coefficient (Wildman–Crippen LogP) is 1.94. The van der Waals surface area contributed by atoms with Crippen LogP contribution in [0.4, 0.5) is 10.5 Å². The molecule has 0 saturated heterocycles. The molecule has 0 heterocycles. The lowest BCUT2D eigenvalue weighted by Gasteiger charge is -2.10. The first-order valence-corrected chi connectivity index (χ1v) is 6.96. The van der Waals surface area contributed by atoms with E-state index in [0.717, 1.165) is 12.8 Å². The third kappa shape index (κ3) is 5.82. The number of para-hydroxylation sites is 1. The van der Waals surface area contributed by atoms with Gasteiger partial charge in [0, 0.05) is 0 Å². The molecule has 0 fully saturated rings. The summed E-state index contributed by atoms with van der Waals surface area (Å²) in [6, 6.07) is 5.80. The van der Waals surface area contributed by atoms with Crippen molar-refractivity contribution in [2.45, 2.75) is 19.8 Å². The van der Waals surface area contributed by atoms with Gasteiger partial charge in [-0.3, -0.25) is 4.79 Å². The molecule has 2 amide bonds. The number of ether oxygens (including phenoxy) is 2. The molecule has 0 aromatic heterocycles. The summed E-state index contributed by atoms with van der Waals surface area (Å²) < 4.78 is 9.53. The fraction of sp³-hybridized carbons (Fsp3) is 0.400. The van der Waals surface area contributed by atoms with Crippen molar-refractivity contribution in [2.24, 2.45) is 0 Å². The smallest absolute Gasteiger partial charge is 0.339 e. The maximum absolute atomic E-state index is 11.7. The second-order valence-corrected chi connectivity index (χ2v) is 4.42. The number of unbranched alkanes of at least 4 members (excludes halogenated alkanes) is 1. The first-order valence-electron chi connectivity index (χ1n) is 6.96. The maximum atomic E-state index is 11.7. The Labute approximate surface area is 129 Å². The molecule has 0 spiro atoms. The molecule has 0 aliphatic carbocycles. The molecule has 0 saturated carbocycles. The molecule has 0 aliphatic heterocycles. The minimum atomic E-state index is -0.608. The molecule has 7 heteroatoms. The van der Waals surface area contributed by atoms with E-state index < -0.39 is 18.0 Å². The van der Waals surface area contributed by atoms with Crippen LogP contribution in [0, 0.1) is 0 Å². The summed E-state index contributed by atoms with van der Waals surface area (Å²) in [4.78, 5) is 34.6. The second-order valence-electron chi connectivity index (χ2n) is 4.42. The summed E-state index contributed by atoms with van der Waals surface area (Å²) in [5.41, 5.74) is 0.525. The highest BCUT2D eigenvalue weighted by atomic mass is 16.5. The van der Waals surface area contributed by atoms with E-state index in [1.165, 1.54) is 13.2 Å². The molecule has 120 valence electrons. The zero-order valence-electron chi connectivity index (χ0n) is 12.7. The highest BCUT2D eigenvalue weighted by Crippen LogP contribution is 2.15. The van der Waals surface area contributed by atoms with Gasteiger partial charge >= 0.3 is 18.0 Å². The Morgan fingerprint density at radius 3 is 2.59 bits per heavy atom. The molecule has 2 N–H and O–H groups in total. The topological polar surface area (TPSA) is 93.7 Å². The minimum Gasteiger partial charge on any atom is -0.465 e. The predicted molar refractivity (Wildman–Crippen MR) is 80.7 cm³/mol. The van der Waals surface area contributed by atoms with Gasteiger partial charge in [-0.05, 0) is 18.6 Å². The van der Waals surface area contributed by atoms with E-state index in [9.17, 15) is 14.4 Å². The zero-order valence-corrected chi connectivity index (χ0v) is 12.7. The maximum Gasteiger partial charge on any atom is 0.339 e. The van der Waals surface area contributed by atoms with Crippen LogP contribution in [0.2, 0.25) is 0 Å². The fourth-order valence-electron chi connectivity index (χ4n) is 1.58. The molecule has 7 nitrogen and oxygen atoms in total. The number of methoxy groups -OCH3 is 1. The van der Waals surface area contributed by atoms with E-state index in [1.807, 2.05) is 6.92 Å². The number of rotatable bonds is 7. The number of nitrogens with one attached hydrogen (secondary N) is 2. The number of amides is 2. The number of hydrogen-bond acceptors (Lipinski definition) is 5. The van der Waals surface area contributed by atoms with Crippen molar-refractivity contribution in [2.75, 3.05) is 25.6 Å². The largest absolute Gasteiger partial charge is 0.465 e. The first kappa shape index (κ1) is 17.5. The van der Waals surface area contributed by atoms with Crippen molar-refractivity contribution in [1.29, 1.82) is 0 Å². The minimum absolute atomic E-state index is 0.227. The summed E-state index contributed by atoms with van der Waals surface area (Å²) in [5, 5.41) is 4.86. The third-order valence-corrected chi connectivity index (χ3v) is 2.73. The Morgan fingerprint density at radius 2 is 1.91 bits per heavy atom. The number of carbonyl (C=O) groups is 3. The van der Waals surface area contributed by atoms with Gasteiger partial charge in [0.05, 0.1) is 25.0 Å². The standard InChI is InChI=1S/C15H20N2O5/c1-3-4-9-22-13(18)10-16-15(20)17-12-8-6-5-7-11(12)14(19)21-2/h5-8H,3-4,9-10H2,1-2H3,(H2,16,17,20). The highest BCUT2D eigenvalue weighted by molar-refractivity contribution is 6.01. The Kier molecular flexibility index (Phi) is 7.45. The molecule has 1 rings (SSSR count). The normalized spacial score (nSPS) is 9.73. The van der Waals surface area contributed by atoms with Crippen LogP contribution in [0.5, 0.6) is 0 Å². The molecular formula is C15H20N2O5. The van der Waals surface area contributed by atoms with Crippen molar-refractivity contribution in [3.05, 3.63) is 29.8 Å². The van der Waals surface area contributed by atoms with Crippen molar-refractivity contribution >= 4 is 23.7 Å². The van der Waals surface area contributed by atoms with E-state index in [-0.39, 0.29) is 12.1 Å². The SMILES string of the molecule is CCCCOC(=O)CNC(=O)Nc1ccccc1C(=O)OC. The number of benzene rings is 1. The van der Waals surface area contributed by atoms with Crippen molar-refractivity contribution in [1.82, 2.24) is 5.32 Å². The number of urea groups is 1. The van der Waals surface area contributed by atoms with E-state index >= 15 is 0 Å². The van der Waals surface area contributed by atoms with Crippen molar-refractivity contribution in [3.63, 3.8) is 0 Å². The van der Waals surface area contributed by atoms with Crippen LogP contribution >= 0.6 is 0 Å². The van der Waals surface area contributed by atoms with Crippen LogP contribution in [0.1, 0.15) is 30.1 Å². The van der Waals surface area contributed by atoms with E-state index in [1.54, 1.807) is 18.2 Å². The van der Waals surface area contributed by atoms with E-state index in [0.29, 0.717) is 12.3 Å². The molecule has 1 aromatic carbocycles. The van der Waals surface area contributed by atoms with Gasteiger partial charge in [0.1, 0.15) is 6.54 Å². The lowest BCUT2D eigenvalue weighted by Crippen LogP contribution is -2.34. The van der Waals surface area contributed by atoms with Crippen molar-refractivity contribution < 1.29 is 23.9 Å². The number of esters is 2. The quantitative estimate of drug-likeness (QED) is 0.593. The summed E-state index contributed by atoms with van der Waals surface area (Å²) >= 11 is 0. The summed E-state index contributed by atoms with van der Waals surface area (Å²) in [5.74, 6) is -1.07. The molecule has 0 radical (unpaired) electrons. The Bertz CT molecular complexity index is 530. The van der Waals surface area contributed by atoms with Gasteiger partial charge < -0.3 is 20.1 Å². The van der Waals surface area contributed by atoms with Gasteiger partial charge in [0.15, 0.2) is 0 Å². The molecule has 0 bridgehead atoms. The van der Waals surface area contributed by atoms with Crippen LogP contribution in [-0.4, -0.2) is 38.2 Å². The Hall–Kier alpha value is -2.57. The van der Waals surface area contributed by atoms with Crippen LogP contribution in [-0.2, 0) is 14.3 Å². The van der Waals surface area contributed by atoms with Crippen molar-refractivity contribution in [3.8, 4) is 0 Å². The average molecular weight is 308 g/mol. The van der Waals surface area contributed by atoms with Crippen LogP contribution in [0.25, 0.3) is 0 Å².